The van der Waals surface area contributed by atoms with E-state index in [0.717, 1.165) is 22.6 Å². The van der Waals surface area contributed by atoms with Crippen LogP contribution in [0.3, 0.4) is 0 Å². The normalized spacial score (nSPS) is 24.8. The van der Waals surface area contributed by atoms with Crippen LogP contribution in [0.5, 0.6) is 0 Å². The number of hydrogen-bond acceptors (Lipinski definition) is 3. The average molecular weight is 144 g/mol. The van der Waals surface area contributed by atoms with Gasteiger partial charge in [-0.05, 0) is 11.8 Å². The lowest BCUT2D eigenvalue weighted by Gasteiger charge is -2.28. The van der Waals surface area contributed by atoms with Crippen LogP contribution in [0.25, 0.3) is 0 Å². The molecule has 2 heterocycles. The summed E-state index contributed by atoms with van der Waals surface area (Å²) in [7, 11) is 0. The molecule has 0 aromatic rings. The summed E-state index contributed by atoms with van der Waals surface area (Å²) < 4.78 is 0.987. The maximum absolute atomic E-state index is 4.93. The van der Waals surface area contributed by atoms with E-state index < -0.39 is 0 Å². The highest BCUT2D eigenvalue weighted by Gasteiger charge is 2.32. The van der Waals surface area contributed by atoms with E-state index in [4.69, 9.17) is 12.2 Å². The lowest BCUT2D eigenvalue weighted by molar-refractivity contribution is 0.689. The van der Waals surface area contributed by atoms with Crippen LogP contribution in [0.1, 0.15) is 0 Å². The van der Waals surface area contributed by atoms with Crippen molar-refractivity contribution in [1.29, 1.82) is 0 Å². The van der Waals surface area contributed by atoms with Crippen molar-refractivity contribution in [3.8, 4) is 0 Å². The quantitative estimate of drug-likeness (QED) is 0.465. The molecule has 0 unspecified atom stereocenters. The summed E-state index contributed by atoms with van der Waals surface area (Å²) in [5.74, 6) is 0. The largest absolute Gasteiger partial charge is 0.304 e. The molecular weight excluding hydrogens is 140 g/mol. The van der Waals surface area contributed by atoms with Gasteiger partial charge in [-0.15, -0.1) is 0 Å². The first-order valence-corrected chi connectivity index (χ1v) is 3.64. The fourth-order valence-electron chi connectivity index (χ4n) is 0.778. The van der Waals surface area contributed by atoms with E-state index >= 15 is 0 Å². The summed E-state index contributed by atoms with van der Waals surface area (Å²) in [5, 5.41) is 1.12. The number of rotatable bonds is 0. The van der Waals surface area contributed by atoms with Crippen molar-refractivity contribution < 1.29 is 0 Å². The van der Waals surface area contributed by atoms with E-state index in [1.807, 2.05) is 0 Å². The Morgan fingerprint density at radius 2 is 2.62 bits per heavy atom. The molecule has 1 fully saturated rings. The van der Waals surface area contributed by atoms with Gasteiger partial charge in [0.05, 0.1) is 6.54 Å². The van der Waals surface area contributed by atoms with Crippen molar-refractivity contribution in [3.63, 3.8) is 0 Å². The summed E-state index contributed by atoms with van der Waals surface area (Å²) in [6.45, 7) is 1.95. The fraction of sp³-hybridized carbons (Fsp3) is 0.500. The molecule has 0 aromatic carbocycles. The smallest absolute Gasteiger partial charge is 0.172 e. The van der Waals surface area contributed by atoms with Crippen molar-refractivity contribution in [2.75, 3.05) is 13.1 Å². The molecule has 42 valence electrons. The van der Waals surface area contributed by atoms with Gasteiger partial charge in [0.25, 0.3) is 0 Å². The summed E-state index contributed by atoms with van der Waals surface area (Å²) in [4.78, 5) is 6.24. The summed E-state index contributed by atoms with van der Waals surface area (Å²) in [6, 6.07) is 0. The SMILES string of the molecule is S=C1SC2=NCCN12. The Morgan fingerprint density at radius 3 is 3.12 bits per heavy atom. The Balaban J connectivity index is 2.26. The van der Waals surface area contributed by atoms with Gasteiger partial charge in [0.2, 0.25) is 0 Å². The minimum absolute atomic E-state index is 0.933. The molecule has 0 radical (unpaired) electrons. The predicted molar refractivity (Wildman–Crippen MR) is 39.2 cm³/mol. The van der Waals surface area contributed by atoms with Crippen LogP contribution in [-0.2, 0) is 0 Å². The van der Waals surface area contributed by atoms with Gasteiger partial charge in [-0.25, -0.2) is 0 Å². The zero-order chi connectivity index (χ0) is 5.56. The maximum Gasteiger partial charge on any atom is 0.172 e. The van der Waals surface area contributed by atoms with E-state index in [2.05, 4.69) is 9.89 Å². The first-order chi connectivity index (χ1) is 3.88. The minimum atomic E-state index is 0.933. The van der Waals surface area contributed by atoms with Crippen LogP contribution in [0.15, 0.2) is 4.99 Å². The molecule has 4 heteroatoms. The van der Waals surface area contributed by atoms with Crippen LogP contribution in [0.4, 0.5) is 0 Å². The molecule has 0 N–H and O–H groups in total. The zero-order valence-electron chi connectivity index (χ0n) is 4.13. The molecule has 1 saturated heterocycles. The Morgan fingerprint density at radius 1 is 1.75 bits per heavy atom. The highest BCUT2D eigenvalue weighted by molar-refractivity contribution is 8.35. The average Bonchev–Trinajstić information content (AvgIpc) is 2.09. The van der Waals surface area contributed by atoms with Crippen LogP contribution in [-0.4, -0.2) is 27.5 Å². The summed E-state index contributed by atoms with van der Waals surface area (Å²) in [5.41, 5.74) is 0. The van der Waals surface area contributed by atoms with Crippen molar-refractivity contribution in [2.45, 2.75) is 0 Å². The van der Waals surface area contributed by atoms with E-state index in [-0.39, 0.29) is 0 Å². The second kappa shape index (κ2) is 1.45. The third-order valence-corrected chi connectivity index (χ3v) is 2.60. The van der Waals surface area contributed by atoms with Gasteiger partial charge in [0, 0.05) is 6.54 Å². The van der Waals surface area contributed by atoms with Crippen LogP contribution in [0.2, 0.25) is 0 Å². The molecule has 2 rings (SSSR count). The van der Waals surface area contributed by atoms with E-state index in [1.54, 1.807) is 11.8 Å². The van der Waals surface area contributed by atoms with Gasteiger partial charge in [0.1, 0.15) is 4.32 Å². The molecule has 2 aliphatic rings. The van der Waals surface area contributed by atoms with Crippen molar-refractivity contribution >= 4 is 33.5 Å². The number of thioether (sulfide) groups is 1. The first kappa shape index (κ1) is 4.76. The molecule has 0 spiro atoms. The highest BCUT2D eigenvalue weighted by Crippen LogP contribution is 2.29. The fourth-order valence-corrected chi connectivity index (χ4v) is 2.00. The van der Waals surface area contributed by atoms with Gasteiger partial charge in [-0.1, -0.05) is 12.2 Å². The second-order valence-corrected chi connectivity index (χ2v) is 3.28. The van der Waals surface area contributed by atoms with Gasteiger partial charge in [0.15, 0.2) is 5.17 Å². The maximum atomic E-state index is 4.93. The van der Waals surface area contributed by atoms with Crippen molar-refractivity contribution in [1.82, 2.24) is 4.90 Å². The summed E-state index contributed by atoms with van der Waals surface area (Å²) >= 11 is 6.54. The van der Waals surface area contributed by atoms with Crippen LogP contribution in [0, 0.1) is 0 Å². The van der Waals surface area contributed by atoms with E-state index in [9.17, 15) is 0 Å². The molecule has 0 amide bonds. The predicted octanol–water partition coefficient (Wildman–Crippen LogP) is 0.690. The topological polar surface area (TPSA) is 15.6 Å². The molecule has 8 heavy (non-hydrogen) atoms. The third-order valence-electron chi connectivity index (χ3n) is 1.20. The van der Waals surface area contributed by atoms with Crippen LogP contribution >= 0.6 is 24.0 Å². The number of fused-ring (bicyclic) bond motifs is 1. The van der Waals surface area contributed by atoms with Crippen molar-refractivity contribution in [2.24, 2.45) is 4.99 Å². The molecule has 2 aliphatic heterocycles. The molecule has 2 nitrogen and oxygen atoms in total. The number of aliphatic imine (C=N–C) groups is 1. The number of thiocarbonyl (C=S) groups is 1. The lowest BCUT2D eigenvalue weighted by Crippen LogP contribution is -2.39. The molecular formula is C4H4N2S2. The standard InChI is InChI=1S/C4H4N2S2/c7-4-6-2-1-5-3(6)8-4/h1-2H2. The Kier molecular flexibility index (Phi) is 0.861. The number of amidine groups is 1. The van der Waals surface area contributed by atoms with Gasteiger partial charge in [-0.2, -0.15) is 0 Å². The minimum Gasteiger partial charge on any atom is -0.304 e. The molecule has 0 aromatic heterocycles. The molecule has 0 saturated carbocycles. The highest BCUT2D eigenvalue weighted by atomic mass is 32.2. The Labute approximate surface area is 57.0 Å². The monoisotopic (exact) mass is 144 g/mol. The Bertz CT molecular complexity index is 175. The Hall–Kier alpha value is -0.0900. The van der Waals surface area contributed by atoms with Crippen LogP contribution < -0.4 is 0 Å². The molecule has 0 atom stereocenters. The van der Waals surface area contributed by atoms with Gasteiger partial charge in [-0.3, -0.25) is 4.99 Å². The molecule has 0 aliphatic carbocycles. The zero-order valence-corrected chi connectivity index (χ0v) is 5.76. The van der Waals surface area contributed by atoms with E-state index in [0.29, 0.717) is 0 Å². The van der Waals surface area contributed by atoms with Crippen molar-refractivity contribution in [3.05, 3.63) is 0 Å². The lowest BCUT2D eigenvalue weighted by atomic mass is 10.6. The first-order valence-electron chi connectivity index (χ1n) is 2.42. The third kappa shape index (κ3) is 0.444. The number of hydrogen-bond donors (Lipinski definition) is 0. The summed E-state index contributed by atoms with van der Waals surface area (Å²) in [6.07, 6.45) is 0. The molecule has 0 bridgehead atoms. The van der Waals surface area contributed by atoms with Gasteiger partial charge >= 0.3 is 0 Å². The van der Waals surface area contributed by atoms with Gasteiger partial charge < -0.3 is 4.90 Å². The number of nitrogens with zero attached hydrogens (tertiary/aromatic N) is 2. The van der Waals surface area contributed by atoms with E-state index in [1.165, 1.54) is 0 Å². The second-order valence-electron chi connectivity index (χ2n) is 1.68.